The summed E-state index contributed by atoms with van der Waals surface area (Å²) in [4.78, 5) is 0. The lowest BCUT2D eigenvalue weighted by molar-refractivity contribution is 0.0565. The molecule has 0 bridgehead atoms. The molecule has 0 spiro atoms. The number of benzene rings is 1. The van der Waals surface area contributed by atoms with Crippen LogP contribution in [0.2, 0.25) is 0 Å². The number of nitrogens with zero attached hydrogens (tertiary/aromatic N) is 3. The van der Waals surface area contributed by atoms with Gasteiger partial charge in [0.2, 0.25) is 0 Å². The third kappa shape index (κ3) is 2.62. The molecule has 1 aromatic heterocycles. The van der Waals surface area contributed by atoms with E-state index in [1.165, 1.54) is 0 Å². The van der Waals surface area contributed by atoms with Crippen molar-refractivity contribution in [3.8, 4) is 5.75 Å². The van der Waals surface area contributed by atoms with Crippen LogP contribution in [0, 0.1) is 0 Å². The lowest BCUT2D eigenvalue weighted by atomic mass is 9.91. The van der Waals surface area contributed by atoms with E-state index in [-0.39, 0.29) is 5.75 Å². The fourth-order valence-electron chi connectivity index (χ4n) is 1.75. The maximum Gasteiger partial charge on any atom is 0.115 e. The number of aromatic nitrogens is 3. The van der Waals surface area contributed by atoms with Crippen molar-refractivity contribution >= 4 is 0 Å². The van der Waals surface area contributed by atoms with Crippen molar-refractivity contribution in [1.29, 1.82) is 0 Å². The van der Waals surface area contributed by atoms with E-state index in [1.807, 2.05) is 0 Å². The monoisotopic (exact) mass is 233 g/mol. The van der Waals surface area contributed by atoms with E-state index in [0.29, 0.717) is 6.42 Å². The van der Waals surface area contributed by atoms with Crippen LogP contribution < -0.4 is 0 Å². The van der Waals surface area contributed by atoms with Gasteiger partial charge in [-0.3, -0.25) is 4.68 Å². The Hall–Kier alpha value is -1.88. The van der Waals surface area contributed by atoms with Gasteiger partial charge in [0, 0.05) is 19.7 Å². The zero-order valence-corrected chi connectivity index (χ0v) is 9.83. The van der Waals surface area contributed by atoms with Crippen LogP contribution in [0.1, 0.15) is 18.2 Å². The second-order valence-corrected chi connectivity index (χ2v) is 4.38. The number of aliphatic hydroxyl groups is 1. The summed E-state index contributed by atoms with van der Waals surface area (Å²) in [6.07, 6.45) is 2.15. The Morgan fingerprint density at radius 1 is 1.29 bits per heavy atom. The molecule has 0 radical (unpaired) electrons. The summed E-state index contributed by atoms with van der Waals surface area (Å²) in [6, 6.07) is 6.51. The third-order valence-electron chi connectivity index (χ3n) is 2.66. The van der Waals surface area contributed by atoms with Crippen LogP contribution >= 0.6 is 0 Å². The van der Waals surface area contributed by atoms with Crippen LogP contribution in [-0.2, 0) is 19.1 Å². The molecule has 2 aromatic rings. The Morgan fingerprint density at radius 2 is 1.94 bits per heavy atom. The van der Waals surface area contributed by atoms with E-state index in [4.69, 9.17) is 0 Å². The molecule has 1 heterocycles. The number of aryl methyl sites for hydroxylation is 1. The average molecular weight is 233 g/mol. The largest absolute Gasteiger partial charge is 0.508 e. The van der Waals surface area contributed by atoms with Gasteiger partial charge < -0.3 is 10.2 Å². The molecule has 2 N–H and O–H groups in total. The molecule has 0 saturated heterocycles. The molecule has 0 amide bonds. The molecular weight excluding hydrogens is 218 g/mol. The molecule has 90 valence electrons. The summed E-state index contributed by atoms with van der Waals surface area (Å²) in [5.41, 5.74) is 0.440. The quantitative estimate of drug-likeness (QED) is 0.828. The van der Waals surface area contributed by atoms with E-state index in [9.17, 15) is 10.2 Å². The van der Waals surface area contributed by atoms with Gasteiger partial charge in [-0.25, -0.2) is 0 Å². The minimum Gasteiger partial charge on any atom is -0.508 e. The Kier molecular flexibility index (Phi) is 2.85. The zero-order valence-electron chi connectivity index (χ0n) is 9.83. The molecule has 0 saturated carbocycles. The van der Waals surface area contributed by atoms with Gasteiger partial charge >= 0.3 is 0 Å². The van der Waals surface area contributed by atoms with Crippen molar-refractivity contribution in [3.63, 3.8) is 0 Å². The Bertz CT molecular complexity index is 503. The Balaban J connectivity index is 2.21. The van der Waals surface area contributed by atoms with Crippen LogP contribution in [0.3, 0.4) is 0 Å². The number of aromatic hydroxyl groups is 1. The lowest BCUT2D eigenvalue weighted by Gasteiger charge is -2.22. The fourth-order valence-corrected chi connectivity index (χ4v) is 1.75. The number of hydrogen-bond acceptors (Lipinski definition) is 4. The SMILES string of the molecule is Cn1cc(CC(C)(O)c2ccc(O)cc2)nn1. The van der Waals surface area contributed by atoms with Crippen LogP contribution in [0.4, 0.5) is 0 Å². The van der Waals surface area contributed by atoms with E-state index in [2.05, 4.69) is 10.3 Å². The molecule has 1 unspecified atom stereocenters. The first kappa shape index (κ1) is 11.6. The molecule has 0 aliphatic carbocycles. The van der Waals surface area contributed by atoms with Gasteiger partial charge in [0.05, 0.1) is 11.3 Å². The maximum atomic E-state index is 10.4. The minimum atomic E-state index is -1.02. The zero-order chi connectivity index (χ0) is 12.5. The van der Waals surface area contributed by atoms with Gasteiger partial charge in [-0.05, 0) is 24.6 Å². The van der Waals surface area contributed by atoms with E-state index < -0.39 is 5.60 Å². The lowest BCUT2D eigenvalue weighted by Crippen LogP contribution is -2.24. The second-order valence-electron chi connectivity index (χ2n) is 4.38. The number of phenolic OH excluding ortho intramolecular Hbond substituents is 1. The highest BCUT2D eigenvalue weighted by Crippen LogP contribution is 2.25. The number of phenols is 1. The van der Waals surface area contributed by atoms with Gasteiger partial charge in [-0.15, -0.1) is 5.10 Å². The van der Waals surface area contributed by atoms with Crippen molar-refractivity contribution in [2.75, 3.05) is 0 Å². The molecular formula is C12H15N3O2. The number of rotatable bonds is 3. The Morgan fingerprint density at radius 3 is 2.47 bits per heavy atom. The Labute approximate surface area is 99.3 Å². The first-order valence-electron chi connectivity index (χ1n) is 5.34. The van der Waals surface area contributed by atoms with Crippen molar-refractivity contribution in [2.24, 2.45) is 7.05 Å². The molecule has 2 rings (SSSR count). The summed E-state index contributed by atoms with van der Waals surface area (Å²) in [6.45, 7) is 1.72. The highest BCUT2D eigenvalue weighted by Gasteiger charge is 2.24. The summed E-state index contributed by atoms with van der Waals surface area (Å²) in [7, 11) is 1.78. The predicted molar refractivity (Wildman–Crippen MR) is 62.4 cm³/mol. The molecule has 1 atom stereocenters. The topological polar surface area (TPSA) is 71.2 Å². The van der Waals surface area contributed by atoms with Crippen molar-refractivity contribution in [1.82, 2.24) is 15.0 Å². The van der Waals surface area contributed by atoms with Crippen LogP contribution in [-0.4, -0.2) is 25.2 Å². The van der Waals surface area contributed by atoms with Crippen LogP contribution in [0.25, 0.3) is 0 Å². The molecule has 5 nitrogen and oxygen atoms in total. The third-order valence-corrected chi connectivity index (χ3v) is 2.66. The van der Waals surface area contributed by atoms with Gasteiger partial charge in [0.25, 0.3) is 0 Å². The summed E-state index contributed by atoms with van der Waals surface area (Å²) < 4.78 is 1.60. The summed E-state index contributed by atoms with van der Waals surface area (Å²) >= 11 is 0. The fraction of sp³-hybridized carbons (Fsp3) is 0.333. The van der Waals surface area contributed by atoms with E-state index >= 15 is 0 Å². The molecule has 0 fully saturated rings. The standard InChI is InChI=1S/C12H15N3O2/c1-12(17,7-10-8-15(2)14-13-10)9-3-5-11(16)6-4-9/h3-6,8,16-17H,7H2,1-2H3. The van der Waals surface area contributed by atoms with Crippen molar-refractivity contribution in [2.45, 2.75) is 18.9 Å². The van der Waals surface area contributed by atoms with Gasteiger partial charge in [-0.1, -0.05) is 17.3 Å². The van der Waals surface area contributed by atoms with E-state index in [0.717, 1.165) is 11.3 Å². The van der Waals surface area contributed by atoms with E-state index in [1.54, 1.807) is 49.1 Å². The summed E-state index contributed by atoms with van der Waals surface area (Å²) in [5, 5.41) is 27.4. The molecule has 17 heavy (non-hydrogen) atoms. The highest BCUT2D eigenvalue weighted by atomic mass is 16.3. The second kappa shape index (κ2) is 4.18. The van der Waals surface area contributed by atoms with Crippen LogP contribution in [0.15, 0.2) is 30.5 Å². The van der Waals surface area contributed by atoms with Gasteiger partial charge in [-0.2, -0.15) is 0 Å². The molecule has 0 aliphatic heterocycles. The first-order valence-corrected chi connectivity index (χ1v) is 5.34. The number of hydrogen-bond donors (Lipinski definition) is 2. The molecule has 1 aromatic carbocycles. The first-order chi connectivity index (χ1) is 7.97. The van der Waals surface area contributed by atoms with Gasteiger partial charge in [0.1, 0.15) is 5.75 Å². The summed E-state index contributed by atoms with van der Waals surface area (Å²) in [5.74, 6) is 0.184. The van der Waals surface area contributed by atoms with Crippen molar-refractivity contribution < 1.29 is 10.2 Å². The van der Waals surface area contributed by atoms with Gasteiger partial charge in [0.15, 0.2) is 0 Å². The smallest absolute Gasteiger partial charge is 0.115 e. The molecule has 0 aliphatic rings. The molecule has 5 heteroatoms. The predicted octanol–water partition coefficient (Wildman–Crippen LogP) is 0.971. The average Bonchev–Trinajstić information content (AvgIpc) is 2.63. The maximum absolute atomic E-state index is 10.4. The van der Waals surface area contributed by atoms with Crippen molar-refractivity contribution in [3.05, 3.63) is 41.7 Å². The highest BCUT2D eigenvalue weighted by molar-refractivity contribution is 5.30. The normalized spacial score (nSPS) is 14.5. The minimum absolute atomic E-state index is 0.184. The van der Waals surface area contributed by atoms with Crippen LogP contribution in [0.5, 0.6) is 5.75 Å².